The molecular weight excluding hydrogens is 415 g/mol. The van der Waals surface area contributed by atoms with Gasteiger partial charge in [0.15, 0.2) is 0 Å². The first-order valence-corrected chi connectivity index (χ1v) is 8.91. The topological polar surface area (TPSA) is 101 Å². The number of nitrogens with zero attached hydrogens (tertiary/aromatic N) is 4. The maximum absolute atomic E-state index is 12.7. The number of hydrogen-bond acceptors (Lipinski definition) is 6. The van der Waals surface area contributed by atoms with Crippen molar-refractivity contribution in [3.8, 4) is 0 Å². The smallest absolute Gasteiger partial charge is 0.355 e. The van der Waals surface area contributed by atoms with Crippen LogP contribution in [0.5, 0.6) is 0 Å². The van der Waals surface area contributed by atoms with Crippen molar-refractivity contribution in [3.05, 3.63) is 51.4 Å². The van der Waals surface area contributed by atoms with Crippen LogP contribution >= 0.6 is 11.6 Å². The lowest BCUT2D eigenvalue weighted by Gasteiger charge is -2.32. The molecule has 0 unspecified atom stereocenters. The zero-order valence-electron chi connectivity index (χ0n) is 14.8. The van der Waals surface area contributed by atoms with Crippen LogP contribution in [0.4, 0.5) is 30.4 Å². The van der Waals surface area contributed by atoms with Gasteiger partial charge in [-0.3, -0.25) is 19.9 Å². The molecule has 0 radical (unpaired) electrons. The number of amides is 1. The van der Waals surface area contributed by atoms with Gasteiger partial charge in [-0.05, 0) is 25.0 Å². The number of alkyl halides is 3. The molecule has 154 valence electrons. The molecule has 8 nitrogen and oxygen atoms in total. The monoisotopic (exact) mass is 429 g/mol. The van der Waals surface area contributed by atoms with E-state index in [0.717, 1.165) is 18.5 Å². The highest BCUT2D eigenvalue weighted by Crippen LogP contribution is 2.35. The van der Waals surface area contributed by atoms with Crippen LogP contribution in [0.2, 0.25) is 5.02 Å². The van der Waals surface area contributed by atoms with E-state index in [4.69, 9.17) is 11.6 Å². The Hall–Kier alpha value is -2.95. The van der Waals surface area contributed by atoms with Crippen molar-refractivity contribution in [1.29, 1.82) is 0 Å². The van der Waals surface area contributed by atoms with Crippen molar-refractivity contribution in [2.24, 2.45) is 5.92 Å². The molecule has 0 atom stereocenters. The summed E-state index contributed by atoms with van der Waals surface area (Å²) < 4.78 is 38.2. The molecular formula is C17H15ClF3N5O3. The molecule has 1 fully saturated rings. The molecule has 12 heteroatoms. The molecule has 1 saturated heterocycles. The lowest BCUT2D eigenvalue weighted by atomic mass is 9.95. The fraction of sp³-hybridized carbons (Fsp3) is 0.353. The van der Waals surface area contributed by atoms with E-state index >= 15 is 0 Å². The molecule has 0 saturated carbocycles. The van der Waals surface area contributed by atoms with Crippen LogP contribution < -0.4 is 10.2 Å². The molecule has 3 rings (SSSR count). The Bertz CT molecular complexity index is 933. The zero-order chi connectivity index (χ0) is 21.2. The lowest BCUT2D eigenvalue weighted by Crippen LogP contribution is -2.38. The minimum atomic E-state index is -4.53. The van der Waals surface area contributed by atoms with Gasteiger partial charge in [-0.1, -0.05) is 11.6 Å². The number of anilines is 2. The highest BCUT2D eigenvalue weighted by molar-refractivity contribution is 6.33. The Balaban J connectivity index is 1.64. The number of halogens is 4. The number of carbonyl (C=O) groups is 1. The molecule has 1 aliphatic rings. The van der Waals surface area contributed by atoms with Gasteiger partial charge in [-0.15, -0.1) is 0 Å². The van der Waals surface area contributed by atoms with E-state index in [0.29, 0.717) is 25.9 Å². The van der Waals surface area contributed by atoms with Crippen molar-refractivity contribution in [2.45, 2.75) is 19.0 Å². The van der Waals surface area contributed by atoms with Crippen LogP contribution in [0.15, 0.2) is 30.7 Å². The first-order valence-electron chi connectivity index (χ1n) is 8.53. The summed E-state index contributed by atoms with van der Waals surface area (Å²) in [5.41, 5.74) is -1.18. The van der Waals surface area contributed by atoms with Gasteiger partial charge in [-0.2, -0.15) is 13.2 Å². The van der Waals surface area contributed by atoms with Gasteiger partial charge in [-0.25, -0.2) is 4.98 Å². The largest absolute Gasteiger partial charge is 0.417 e. The Morgan fingerprint density at radius 1 is 1.31 bits per heavy atom. The van der Waals surface area contributed by atoms with Crippen LogP contribution in [0, 0.1) is 16.0 Å². The standard InChI is InChI=1S/C17H15ClF3N5O3/c18-12-7-11(17(19,20)21)8-23-15(12)25-5-2-10(3-6-25)16(27)24-13-1-4-22-9-14(13)26(28)29/h1,4,7-10H,2-3,5-6H2,(H,22,24,27). The third-order valence-corrected chi connectivity index (χ3v) is 4.85. The summed E-state index contributed by atoms with van der Waals surface area (Å²) in [6.07, 6.45) is -0.633. The highest BCUT2D eigenvalue weighted by Gasteiger charge is 2.33. The summed E-state index contributed by atoms with van der Waals surface area (Å²) in [6, 6.07) is 2.17. The summed E-state index contributed by atoms with van der Waals surface area (Å²) in [4.78, 5) is 32.1. The van der Waals surface area contributed by atoms with Crippen LogP contribution in [-0.2, 0) is 11.0 Å². The Morgan fingerprint density at radius 3 is 2.59 bits per heavy atom. The summed E-state index contributed by atoms with van der Waals surface area (Å²) in [5, 5.41) is 13.4. The molecule has 0 bridgehead atoms. The van der Waals surface area contributed by atoms with E-state index in [1.54, 1.807) is 4.90 Å². The quantitative estimate of drug-likeness (QED) is 0.584. The second-order valence-electron chi connectivity index (χ2n) is 6.43. The van der Waals surface area contributed by atoms with E-state index in [1.165, 1.54) is 12.3 Å². The minimum Gasteiger partial charge on any atom is -0.355 e. The van der Waals surface area contributed by atoms with Crippen molar-refractivity contribution >= 4 is 34.7 Å². The molecule has 0 spiro atoms. The molecule has 1 aliphatic heterocycles. The molecule has 29 heavy (non-hydrogen) atoms. The van der Waals surface area contributed by atoms with Gasteiger partial charge < -0.3 is 10.2 Å². The van der Waals surface area contributed by atoms with Crippen molar-refractivity contribution < 1.29 is 22.9 Å². The maximum Gasteiger partial charge on any atom is 0.417 e. The Kier molecular flexibility index (Phi) is 5.87. The summed E-state index contributed by atoms with van der Waals surface area (Å²) in [7, 11) is 0. The molecule has 0 aromatic carbocycles. The van der Waals surface area contributed by atoms with Gasteiger partial charge in [0.2, 0.25) is 5.91 Å². The van der Waals surface area contributed by atoms with E-state index in [2.05, 4.69) is 15.3 Å². The minimum absolute atomic E-state index is 0.0601. The average molecular weight is 430 g/mol. The first-order chi connectivity index (χ1) is 13.7. The number of aromatic nitrogens is 2. The molecule has 0 aliphatic carbocycles. The van der Waals surface area contributed by atoms with E-state index < -0.39 is 22.6 Å². The average Bonchev–Trinajstić information content (AvgIpc) is 2.67. The van der Waals surface area contributed by atoms with Crippen LogP contribution in [0.1, 0.15) is 18.4 Å². The predicted octanol–water partition coefficient (Wildman–Crippen LogP) is 3.91. The van der Waals surface area contributed by atoms with E-state index in [-0.39, 0.29) is 28.1 Å². The third-order valence-electron chi connectivity index (χ3n) is 4.57. The number of nitro groups is 1. The van der Waals surface area contributed by atoms with Crippen LogP contribution in [0.3, 0.4) is 0 Å². The Morgan fingerprint density at radius 2 is 2.00 bits per heavy atom. The second-order valence-corrected chi connectivity index (χ2v) is 6.83. The fourth-order valence-electron chi connectivity index (χ4n) is 3.04. The van der Waals surface area contributed by atoms with Crippen molar-refractivity contribution in [3.63, 3.8) is 0 Å². The van der Waals surface area contributed by atoms with Crippen molar-refractivity contribution in [1.82, 2.24) is 9.97 Å². The summed E-state index contributed by atoms with van der Waals surface area (Å²) in [6.45, 7) is 0.712. The van der Waals surface area contributed by atoms with Gasteiger partial charge in [0, 0.05) is 31.4 Å². The van der Waals surface area contributed by atoms with Gasteiger partial charge in [0.1, 0.15) is 17.7 Å². The Labute approximate surface area is 167 Å². The highest BCUT2D eigenvalue weighted by atomic mass is 35.5. The second kappa shape index (κ2) is 8.19. The molecule has 1 amide bonds. The van der Waals surface area contributed by atoms with E-state index in [9.17, 15) is 28.1 Å². The summed E-state index contributed by atoms with van der Waals surface area (Å²) >= 11 is 5.97. The molecule has 2 aromatic rings. The maximum atomic E-state index is 12.7. The van der Waals surface area contributed by atoms with Gasteiger partial charge in [0.05, 0.1) is 15.5 Å². The first kappa shape index (κ1) is 20.8. The molecule has 3 heterocycles. The van der Waals surface area contributed by atoms with Gasteiger partial charge in [0.25, 0.3) is 0 Å². The molecule has 2 aromatic heterocycles. The summed E-state index contributed by atoms with van der Waals surface area (Å²) in [5.74, 6) is -0.555. The predicted molar refractivity (Wildman–Crippen MR) is 98.7 cm³/mol. The SMILES string of the molecule is O=C(Nc1ccncc1[N+](=O)[O-])C1CCN(c2ncc(C(F)(F)F)cc2Cl)CC1. The number of pyridine rings is 2. The lowest BCUT2D eigenvalue weighted by molar-refractivity contribution is -0.384. The van der Waals surface area contributed by atoms with Gasteiger partial charge >= 0.3 is 11.9 Å². The third kappa shape index (κ3) is 4.73. The number of hydrogen-bond donors (Lipinski definition) is 1. The fourth-order valence-corrected chi connectivity index (χ4v) is 3.33. The number of carbonyl (C=O) groups excluding carboxylic acids is 1. The van der Waals surface area contributed by atoms with E-state index in [1.807, 2.05) is 0 Å². The van der Waals surface area contributed by atoms with Crippen LogP contribution in [0.25, 0.3) is 0 Å². The normalized spacial score (nSPS) is 15.2. The zero-order valence-corrected chi connectivity index (χ0v) is 15.6. The number of nitrogens with one attached hydrogen (secondary N) is 1. The van der Waals surface area contributed by atoms with Crippen LogP contribution in [-0.4, -0.2) is 33.9 Å². The number of rotatable bonds is 4. The van der Waals surface area contributed by atoms with Crippen molar-refractivity contribution in [2.75, 3.05) is 23.3 Å². The molecule has 1 N–H and O–H groups in total. The number of piperidine rings is 1.